The van der Waals surface area contributed by atoms with Crippen molar-refractivity contribution in [2.24, 2.45) is 0 Å². The number of ether oxygens (including phenoxy) is 1. The van der Waals surface area contributed by atoms with Crippen LogP contribution in [0, 0.1) is 0 Å². The van der Waals surface area contributed by atoms with Crippen molar-refractivity contribution in [1.29, 1.82) is 0 Å². The van der Waals surface area contributed by atoms with Gasteiger partial charge in [0, 0.05) is 49.9 Å². The quantitative estimate of drug-likeness (QED) is 0.703. The van der Waals surface area contributed by atoms with Gasteiger partial charge in [0.25, 0.3) is 12.3 Å². The van der Waals surface area contributed by atoms with Crippen LogP contribution in [0.5, 0.6) is 0 Å². The maximum atomic E-state index is 14.3. The fourth-order valence-electron chi connectivity index (χ4n) is 3.77. The minimum absolute atomic E-state index is 0.0734. The van der Waals surface area contributed by atoms with Crippen LogP contribution in [0.2, 0.25) is 0 Å². The first-order valence-corrected chi connectivity index (χ1v) is 9.77. The van der Waals surface area contributed by atoms with Gasteiger partial charge in [-0.05, 0) is 25.1 Å². The van der Waals surface area contributed by atoms with E-state index in [2.05, 4.69) is 20.6 Å². The van der Waals surface area contributed by atoms with Gasteiger partial charge in [0.2, 0.25) is 0 Å². The molecular weight excluding hydrogens is 418 g/mol. The van der Waals surface area contributed by atoms with Gasteiger partial charge in [0.05, 0.1) is 11.3 Å². The van der Waals surface area contributed by atoms with Crippen molar-refractivity contribution in [1.82, 2.24) is 15.3 Å². The highest BCUT2D eigenvalue weighted by atomic mass is 19.3. The second-order valence-electron chi connectivity index (χ2n) is 7.69. The topological polar surface area (TPSA) is 79.4 Å². The first kappa shape index (κ1) is 21.3. The van der Waals surface area contributed by atoms with Crippen LogP contribution in [0.3, 0.4) is 0 Å². The molecule has 31 heavy (non-hydrogen) atoms. The summed E-state index contributed by atoms with van der Waals surface area (Å²) in [5.41, 5.74) is -0.172. The van der Waals surface area contributed by atoms with Gasteiger partial charge >= 0.3 is 6.09 Å². The molecule has 2 N–H and O–H groups in total. The molecule has 0 saturated carbocycles. The van der Waals surface area contributed by atoms with E-state index in [4.69, 9.17) is 4.74 Å². The molecule has 0 bridgehead atoms. The molecule has 4 heterocycles. The van der Waals surface area contributed by atoms with Gasteiger partial charge in [0.15, 0.2) is 6.10 Å². The Morgan fingerprint density at radius 1 is 1.32 bits per heavy atom. The molecule has 0 radical (unpaired) electrons. The van der Waals surface area contributed by atoms with Crippen molar-refractivity contribution < 1.29 is 27.1 Å². The van der Waals surface area contributed by atoms with Crippen molar-refractivity contribution in [3.63, 3.8) is 0 Å². The molecule has 2 atom stereocenters. The van der Waals surface area contributed by atoms with E-state index >= 15 is 0 Å². The van der Waals surface area contributed by atoms with Crippen molar-refractivity contribution in [2.45, 2.75) is 38.3 Å². The zero-order chi connectivity index (χ0) is 22.3. The maximum absolute atomic E-state index is 14.3. The van der Waals surface area contributed by atoms with E-state index in [-0.39, 0.29) is 34.2 Å². The largest absolute Gasteiger partial charge is 0.435 e. The fourth-order valence-corrected chi connectivity index (χ4v) is 3.77. The Morgan fingerprint density at radius 3 is 2.77 bits per heavy atom. The van der Waals surface area contributed by atoms with E-state index in [0.29, 0.717) is 25.5 Å². The Hall–Kier alpha value is -2.95. The van der Waals surface area contributed by atoms with Crippen molar-refractivity contribution in [2.75, 3.05) is 29.9 Å². The number of rotatable bonds is 4. The maximum Gasteiger partial charge on any atom is 0.413 e. The molecule has 0 aromatic carbocycles. The molecule has 0 spiro atoms. The van der Waals surface area contributed by atoms with Crippen LogP contribution in [0.15, 0.2) is 24.4 Å². The van der Waals surface area contributed by atoms with Crippen LogP contribution in [0.1, 0.15) is 31.1 Å². The summed E-state index contributed by atoms with van der Waals surface area (Å²) >= 11 is 0. The molecule has 2 aromatic rings. The number of anilines is 2. The monoisotopic (exact) mass is 439 g/mol. The van der Waals surface area contributed by atoms with Crippen molar-refractivity contribution in [3.05, 3.63) is 35.5 Å². The molecular formula is C20H21F4N5O2. The average molecular weight is 439 g/mol. The normalized spacial score (nSPS) is 21.5. The number of pyridine rings is 2. The molecule has 0 aliphatic carbocycles. The number of halogens is 4. The standard InChI is InChI=1S/C20H21F4N5O2/c1-10-9-29(6-5-25-10)14-8-11(20(2,23)24)7-13(27-14)12-3-4-26-18-15(12)16(17(21)22)31-19(30)28-18/h3-4,7-8,10,16-17,25H,5-6,9H2,1-2H3,(H,26,28,30)/t10-,16-/m0/s1. The van der Waals surface area contributed by atoms with Crippen LogP contribution in [-0.4, -0.2) is 48.2 Å². The van der Waals surface area contributed by atoms with Crippen molar-refractivity contribution >= 4 is 17.7 Å². The summed E-state index contributed by atoms with van der Waals surface area (Å²) in [6, 6.07) is 4.02. The molecule has 4 rings (SSSR count). The number of hydrogen-bond acceptors (Lipinski definition) is 6. The predicted molar refractivity (Wildman–Crippen MR) is 106 cm³/mol. The van der Waals surface area contributed by atoms with Crippen LogP contribution < -0.4 is 15.5 Å². The van der Waals surface area contributed by atoms with E-state index in [1.165, 1.54) is 24.4 Å². The van der Waals surface area contributed by atoms with Gasteiger partial charge in [-0.25, -0.2) is 32.3 Å². The third-order valence-corrected chi connectivity index (χ3v) is 5.25. The lowest BCUT2D eigenvalue weighted by Crippen LogP contribution is -2.49. The van der Waals surface area contributed by atoms with Crippen LogP contribution in [0.25, 0.3) is 11.3 Å². The van der Waals surface area contributed by atoms with Crippen LogP contribution in [0.4, 0.5) is 34.0 Å². The molecule has 1 saturated heterocycles. The molecule has 0 unspecified atom stereocenters. The third kappa shape index (κ3) is 4.27. The van der Waals surface area contributed by atoms with E-state index in [1.807, 2.05) is 11.8 Å². The summed E-state index contributed by atoms with van der Waals surface area (Å²) in [5, 5.41) is 5.55. The number of amides is 1. The predicted octanol–water partition coefficient (Wildman–Crippen LogP) is 3.92. The Morgan fingerprint density at radius 2 is 2.10 bits per heavy atom. The second kappa shape index (κ2) is 7.95. The lowest BCUT2D eigenvalue weighted by atomic mass is 9.97. The number of fused-ring (bicyclic) bond motifs is 1. The smallest absolute Gasteiger partial charge is 0.413 e. The number of cyclic esters (lactones) is 1. The average Bonchev–Trinajstić information content (AvgIpc) is 2.71. The number of nitrogens with one attached hydrogen (secondary N) is 2. The fraction of sp³-hybridized carbons (Fsp3) is 0.450. The van der Waals surface area contributed by atoms with E-state index in [9.17, 15) is 22.4 Å². The van der Waals surface area contributed by atoms with Gasteiger partial charge < -0.3 is 15.0 Å². The molecule has 2 aliphatic rings. The SMILES string of the molecule is C[C@H]1CN(c2cc(C(C)(F)F)cc(-c3ccnc4c3[C@@H](C(F)F)OC(=O)N4)n2)CCN1. The summed E-state index contributed by atoms with van der Waals surface area (Å²) in [6.45, 7) is 4.51. The molecule has 1 fully saturated rings. The Kier molecular flexibility index (Phi) is 5.46. The van der Waals surface area contributed by atoms with Gasteiger partial charge in [0.1, 0.15) is 11.6 Å². The van der Waals surface area contributed by atoms with E-state index in [1.54, 1.807) is 0 Å². The van der Waals surface area contributed by atoms with Gasteiger partial charge in [-0.3, -0.25) is 5.32 Å². The number of carbonyl (C=O) groups is 1. The van der Waals surface area contributed by atoms with Crippen molar-refractivity contribution in [3.8, 4) is 11.3 Å². The summed E-state index contributed by atoms with van der Waals surface area (Å²) in [7, 11) is 0. The van der Waals surface area contributed by atoms with Gasteiger partial charge in [-0.2, -0.15) is 0 Å². The number of carbonyl (C=O) groups excluding carboxylic acids is 1. The lowest BCUT2D eigenvalue weighted by molar-refractivity contribution is -0.0168. The van der Waals surface area contributed by atoms with Gasteiger partial charge in [-0.15, -0.1) is 0 Å². The second-order valence-corrected chi connectivity index (χ2v) is 7.69. The zero-order valence-electron chi connectivity index (χ0n) is 16.8. The highest BCUT2D eigenvalue weighted by Crippen LogP contribution is 2.41. The molecule has 2 aliphatic heterocycles. The number of hydrogen-bond donors (Lipinski definition) is 2. The summed E-state index contributed by atoms with van der Waals surface area (Å²) < 4.78 is 60.7. The minimum Gasteiger partial charge on any atom is -0.435 e. The molecule has 7 nitrogen and oxygen atoms in total. The first-order valence-electron chi connectivity index (χ1n) is 9.77. The van der Waals surface area contributed by atoms with E-state index < -0.39 is 24.5 Å². The van der Waals surface area contributed by atoms with Gasteiger partial charge in [-0.1, -0.05) is 0 Å². The van der Waals surface area contributed by atoms with Crippen LogP contribution >= 0.6 is 0 Å². The number of alkyl halides is 4. The lowest BCUT2D eigenvalue weighted by Gasteiger charge is -2.33. The summed E-state index contributed by atoms with van der Waals surface area (Å²) in [4.78, 5) is 22.0. The number of aromatic nitrogens is 2. The highest BCUT2D eigenvalue weighted by molar-refractivity contribution is 5.89. The number of piperazine rings is 1. The zero-order valence-corrected chi connectivity index (χ0v) is 16.8. The number of nitrogens with zero attached hydrogens (tertiary/aromatic N) is 3. The Labute approximate surface area is 175 Å². The van der Waals surface area contributed by atoms with Crippen LogP contribution in [-0.2, 0) is 10.7 Å². The third-order valence-electron chi connectivity index (χ3n) is 5.25. The summed E-state index contributed by atoms with van der Waals surface area (Å²) in [5.74, 6) is -2.96. The van der Waals surface area contributed by atoms with E-state index in [0.717, 1.165) is 6.92 Å². The molecule has 11 heteroatoms. The highest BCUT2D eigenvalue weighted by Gasteiger charge is 2.37. The summed E-state index contributed by atoms with van der Waals surface area (Å²) in [6.07, 6.45) is -4.67. The Bertz CT molecular complexity index is 998. The molecule has 2 aromatic heterocycles. The minimum atomic E-state index is -3.17. The Balaban J connectivity index is 1.88. The molecule has 1 amide bonds. The first-order chi connectivity index (χ1) is 14.6. The molecule has 166 valence electrons.